The van der Waals surface area contributed by atoms with Gasteiger partial charge in [-0.15, -0.1) is 0 Å². The lowest BCUT2D eigenvalue weighted by Crippen LogP contribution is -2.12. The molecule has 0 bridgehead atoms. The zero-order valence-electron chi connectivity index (χ0n) is 8.12. The predicted molar refractivity (Wildman–Crippen MR) is 56.8 cm³/mol. The number of benzene rings is 1. The Hall–Kier alpha value is -0.610. The van der Waals surface area contributed by atoms with E-state index in [0.29, 0.717) is 5.56 Å². The highest BCUT2D eigenvalue weighted by atomic mass is 32.2. The Bertz CT molecular complexity index is 330. The number of halogens is 2. The number of rotatable bonds is 2. The van der Waals surface area contributed by atoms with Crippen molar-refractivity contribution in [3.63, 3.8) is 0 Å². The van der Waals surface area contributed by atoms with Crippen molar-refractivity contribution in [1.82, 2.24) is 0 Å². The minimum absolute atomic E-state index is 0.0752. The Balaban J connectivity index is 2.20. The number of hydrogen-bond donors (Lipinski definition) is 1. The summed E-state index contributed by atoms with van der Waals surface area (Å²) >= 11 is 1.66. The van der Waals surface area contributed by atoms with Gasteiger partial charge in [0, 0.05) is 11.3 Å². The number of thioether (sulfide) groups is 1. The van der Waals surface area contributed by atoms with Gasteiger partial charge in [-0.1, -0.05) is 0 Å². The van der Waals surface area contributed by atoms with Gasteiger partial charge in [-0.2, -0.15) is 11.8 Å². The molecule has 1 aliphatic rings. The summed E-state index contributed by atoms with van der Waals surface area (Å²) in [7, 11) is 0. The fourth-order valence-electron chi connectivity index (χ4n) is 1.81. The molecule has 0 aromatic heterocycles. The summed E-state index contributed by atoms with van der Waals surface area (Å²) in [4.78, 5) is 0. The van der Waals surface area contributed by atoms with Crippen molar-refractivity contribution in [1.29, 1.82) is 0 Å². The van der Waals surface area contributed by atoms with E-state index in [-0.39, 0.29) is 5.25 Å². The van der Waals surface area contributed by atoms with E-state index in [0.717, 1.165) is 24.7 Å². The normalized spacial score (nSPS) is 23.0. The van der Waals surface area contributed by atoms with Crippen molar-refractivity contribution in [3.05, 3.63) is 35.4 Å². The second-order valence-electron chi connectivity index (χ2n) is 3.70. The molecule has 1 saturated heterocycles. The van der Waals surface area contributed by atoms with Crippen LogP contribution in [0.1, 0.15) is 24.5 Å². The molecule has 1 heterocycles. The molecule has 2 atom stereocenters. The Labute approximate surface area is 91.5 Å². The molecule has 0 spiro atoms. The van der Waals surface area contributed by atoms with E-state index < -0.39 is 17.7 Å². The van der Waals surface area contributed by atoms with Crippen LogP contribution in [-0.2, 0) is 0 Å². The van der Waals surface area contributed by atoms with Crippen LogP contribution < -0.4 is 0 Å². The molecule has 4 heteroatoms. The van der Waals surface area contributed by atoms with Gasteiger partial charge in [0.15, 0.2) is 0 Å². The maximum Gasteiger partial charge on any atom is 0.126 e. The van der Waals surface area contributed by atoms with Gasteiger partial charge in [0.1, 0.15) is 11.6 Å². The zero-order valence-corrected chi connectivity index (χ0v) is 8.94. The molecule has 1 fully saturated rings. The molecular weight excluding hydrogens is 218 g/mol. The topological polar surface area (TPSA) is 20.2 Å². The van der Waals surface area contributed by atoms with Crippen molar-refractivity contribution < 1.29 is 13.9 Å². The van der Waals surface area contributed by atoms with E-state index in [1.54, 1.807) is 11.8 Å². The maximum absolute atomic E-state index is 12.9. The first-order valence-corrected chi connectivity index (χ1v) is 5.97. The average molecular weight is 230 g/mol. The Morgan fingerprint density at radius 3 is 2.47 bits per heavy atom. The van der Waals surface area contributed by atoms with Gasteiger partial charge in [0.25, 0.3) is 0 Å². The molecule has 82 valence electrons. The van der Waals surface area contributed by atoms with Crippen molar-refractivity contribution in [2.24, 2.45) is 0 Å². The Kier molecular flexibility index (Phi) is 3.26. The first-order valence-electron chi connectivity index (χ1n) is 4.92. The first kappa shape index (κ1) is 10.9. The van der Waals surface area contributed by atoms with Gasteiger partial charge in [-0.25, -0.2) is 8.78 Å². The van der Waals surface area contributed by atoms with Gasteiger partial charge in [0.2, 0.25) is 0 Å². The first-order chi connectivity index (χ1) is 7.16. The molecule has 15 heavy (non-hydrogen) atoms. The molecule has 1 aromatic carbocycles. The van der Waals surface area contributed by atoms with E-state index in [4.69, 9.17) is 0 Å². The Morgan fingerprint density at radius 2 is 1.93 bits per heavy atom. The van der Waals surface area contributed by atoms with E-state index in [1.807, 2.05) is 0 Å². The Morgan fingerprint density at radius 1 is 1.27 bits per heavy atom. The van der Waals surface area contributed by atoms with Gasteiger partial charge >= 0.3 is 0 Å². The molecule has 0 amide bonds. The highest BCUT2D eigenvalue weighted by Crippen LogP contribution is 2.36. The smallest absolute Gasteiger partial charge is 0.126 e. The van der Waals surface area contributed by atoms with Gasteiger partial charge < -0.3 is 5.11 Å². The van der Waals surface area contributed by atoms with E-state index in [9.17, 15) is 13.9 Å². The highest BCUT2D eigenvalue weighted by molar-refractivity contribution is 8.00. The third kappa shape index (κ3) is 2.49. The summed E-state index contributed by atoms with van der Waals surface area (Å²) < 4.78 is 25.8. The van der Waals surface area contributed by atoms with Crippen LogP contribution >= 0.6 is 11.8 Å². The van der Waals surface area contributed by atoms with Crippen LogP contribution in [0.2, 0.25) is 0 Å². The second kappa shape index (κ2) is 4.49. The number of aliphatic hydroxyl groups excluding tert-OH is 1. The van der Waals surface area contributed by atoms with Gasteiger partial charge in [0.05, 0.1) is 6.10 Å². The van der Waals surface area contributed by atoms with Crippen LogP contribution in [0.5, 0.6) is 0 Å². The molecule has 0 radical (unpaired) electrons. The molecule has 1 aliphatic heterocycles. The lowest BCUT2D eigenvalue weighted by atomic mass is 10.0. The minimum atomic E-state index is -0.761. The van der Waals surface area contributed by atoms with Gasteiger partial charge in [-0.3, -0.25) is 0 Å². The van der Waals surface area contributed by atoms with Crippen LogP contribution in [0.25, 0.3) is 0 Å². The third-order valence-electron chi connectivity index (χ3n) is 2.54. The van der Waals surface area contributed by atoms with Crippen molar-refractivity contribution in [2.75, 3.05) is 5.75 Å². The molecule has 1 nitrogen and oxygen atoms in total. The summed E-state index contributed by atoms with van der Waals surface area (Å²) in [5.74, 6) is -0.251. The van der Waals surface area contributed by atoms with Crippen LogP contribution in [0.15, 0.2) is 18.2 Å². The number of aliphatic hydroxyl groups is 1. The predicted octanol–water partition coefficient (Wildman–Crippen LogP) is 2.89. The van der Waals surface area contributed by atoms with Crippen LogP contribution in [0, 0.1) is 11.6 Å². The molecule has 2 unspecified atom stereocenters. The summed E-state index contributed by atoms with van der Waals surface area (Å²) in [6, 6.07) is 3.22. The summed E-state index contributed by atoms with van der Waals surface area (Å²) in [5, 5.41) is 9.99. The van der Waals surface area contributed by atoms with Gasteiger partial charge in [-0.05, 0) is 36.3 Å². The fourth-order valence-corrected chi connectivity index (χ4v) is 3.12. The maximum atomic E-state index is 12.9. The quantitative estimate of drug-likeness (QED) is 0.843. The standard InChI is InChI=1S/C11H12F2OS/c12-8-4-7(5-9(13)6-8)11(14)10-2-1-3-15-10/h4-6,10-11,14H,1-3H2. The highest BCUT2D eigenvalue weighted by Gasteiger charge is 2.25. The zero-order chi connectivity index (χ0) is 10.8. The van der Waals surface area contributed by atoms with Crippen LogP contribution in [0.3, 0.4) is 0 Å². The molecule has 0 aliphatic carbocycles. The fraction of sp³-hybridized carbons (Fsp3) is 0.455. The largest absolute Gasteiger partial charge is 0.387 e. The molecule has 0 saturated carbocycles. The summed E-state index contributed by atoms with van der Waals surface area (Å²) in [6.45, 7) is 0. The molecule has 1 N–H and O–H groups in total. The molecule has 1 aromatic rings. The van der Waals surface area contributed by atoms with Crippen LogP contribution in [0.4, 0.5) is 8.78 Å². The van der Waals surface area contributed by atoms with Crippen molar-refractivity contribution in [3.8, 4) is 0 Å². The monoisotopic (exact) mass is 230 g/mol. The summed E-state index contributed by atoms with van der Waals surface area (Å²) in [6.07, 6.45) is 1.21. The molecular formula is C11H12F2OS. The van der Waals surface area contributed by atoms with E-state index in [2.05, 4.69) is 0 Å². The average Bonchev–Trinajstić information content (AvgIpc) is 2.67. The number of hydrogen-bond acceptors (Lipinski definition) is 2. The van der Waals surface area contributed by atoms with E-state index in [1.165, 1.54) is 12.1 Å². The summed E-state index contributed by atoms with van der Waals surface area (Å²) in [5.41, 5.74) is 0.340. The lowest BCUT2D eigenvalue weighted by Gasteiger charge is -2.17. The van der Waals surface area contributed by atoms with E-state index >= 15 is 0 Å². The lowest BCUT2D eigenvalue weighted by molar-refractivity contribution is 0.172. The third-order valence-corrected chi connectivity index (χ3v) is 3.99. The second-order valence-corrected chi connectivity index (χ2v) is 5.05. The van der Waals surface area contributed by atoms with Crippen molar-refractivity contribution >= 4 is 11.8 Å². The minimum Gasteiger partial charge on any atom is -0.387 e. The van der Waals surface area contributed by atoms with Crippen LogP contribution in [-0.4, -0.2) is 16.1 Å². The van der Waals surface area contributed by atoms with Crippen molar-refractivity contribution in [2.45, 2.75) is 24.2 Å². The SMILES string of the molecule is OC(c1cc(F)cc(F)c1)C1CCCS1. The molecule has 2 rings (SSSR count).